The van der Waals surface area contributed by atoms with E-state index in [1.807, 2.05) is 19.1 Å². The molecule has 5 rings (SSSR count). The van der Waals surface area contributed by atoms with E-state index < -0.39 is 11.9 Å². The van der Waals surface area contributed by atoms with E-state index >= 15 is 0 Å². The zero-order chi connectivity index (χ0) is 22.9. The molecule has 2 aromatic carbocycles. The molecular weight excluding hydrogens is 427 g/mol. The second kappa shape index (κ2) is 8.45. The number of rotatable bonds is 5. The van der Waals surface area contributed by atoms with Crippen molar-refractivity contribution in [1.82, 2.24) is 30.0 Å². The number of hydrogen-bond donors (Lipinski definition) is 0. The van der Waals surface area contributed by atoms with Crippen LogP contribution in [0.25, 0.3) is 17.1 Å². The van der Waals surface area contributed by atoms with Crippen LogP contribution in [0.4, 0.5) is 4.39 Å². The predicted molar refractivity (Wildman–Crippen MR) is 115 cm³/mol. The Balaban J connectivity index is 1.47. The first-order chi connectivity index (χ1) is 16.1. The number of para-hydroxylation sites is 1. The molecule has 1 amide bonds. The minimum Gasteiger partial charge on any atom is -0.493 e. The number of benzene rings is 2. The molecular formula is C23H21FN6O3. The van der Waals surface area contributed by atoms with Gasteiger partial charge in [0, 0.05) is 6.54 Å². The van der Waals surface area contributed by atoms with E-state index in [4.69, 9.17) is 9.26 Å². The second-order valence-electron chi connectivity index (χ2n) is 7.77. The van der Waals surface area contributed by atoms with Crippen LogP contribution in [0.5, 0.6) is 5.75 Å². The molecule has 1 aliphatic rings. The fourth-order valence-electron chi connectivity index (χ4n) is 4.12. The van der Waals surface area contributed by atoms with Gasteiger partial charge in [0.15, 0.2) is 11.6 Å². The van der Waals surface area contributed by atoms with E-state index in [2.05, 4.69) is 20.3 Å². The van der Waals surface area contributed by atoms with Gasteiger partial charge in [-0.1, -0.05) is 17.3 Å². The normalized spacial score (nSPS) is 15.7. The van der Waals surface area contributed by atoms with E-state index in [1.54, 1.807) is 35.5 Å². The number of hydrogen-bond acceptors (Lipinski definition) is 7. The van der Waals surface area contributed by atoms with Crippen LogP contribution in [0.2, 0.25) is 0 Å². The van der Waals surface area contributed by atoms with Crippen LogP contribution in [0.15, 0.2) is 53.3 Å². The zero-order valence-corrected chi connectivity index (χ0v) is 18.1. The summed E-state index contributed by atoms with van der Waals surface area (Å²) in [5.41, 5.74) is 2.46. The average Bonchev–Trinajstić information content (AvgIpc) is 3.60. The highest BCUT2D eigenvalue weighted by Gasteiger charge is 2.36. The van der Waals surface area contributed by atoms with Crippen molar-refractivity contribution in [3.05, 3.63) is 71.6 Å². The molecule has 3 heterocycles. The lowest BCUT2D eigenvalue weighted by Crippen LogP contribution is -2.31. The molecule has 1 saturated heterocycles. The number of ether oxygens (including phenoxy) is 1. The zero-order valence-electron chi connectivity index (χ0n) is 18.1. The van der Waals surface area contributed by atoms with Gasteiger partial charge in [-0.15, -0.1) is 0 Å². The van der Waals surface area contributed by atoms with Crippen LogP contribution >= 0.6 is 0 Å². The Morgan fingerprint density at radius 3 is 2.82 bits per heavy atom. The molecule has 4 aromatic rings. The Kier molecular flexibility index (Phi) is 5.33. The van der Waals surface area contributed by atoms with Gasteiger partial charge in [-0.3, -0.25) is 4.79 Å². The average molecular weight is 448 g/mol. The van der Waals surface area contributed by atoms with Crippen molar-refractivity contribution < 1.29 is 18.4 Å². The number of likely N-dealkylation sites (tertiary alicyclic amines) is 1. The van der Waals surface area contributed by atoms with Crippen molar-refractivity contribution in [3.63, 3.8) is 0 Å². The van der Waals surface area contributed by atoms with E-state index in [1.165, 1.54) is 18.0 Å². The molecule has 1 fully saturated rings. The quantitative estimate of drug-likeness (QED) is 0.458. The number of aryl methyl sites for hydroxylation is 1. The molecule has 9 nitrogen and oxygen atoms in total. The second-order valence-corrected chi connectivity index (χ2v) is 7.77. The van der Waals surface area contributed by atoms with E-state index in [9.17, 15) is 9.18 Å². The molecule has 1 unspecified atom stereocenters. The van der Waals surface area contributed by atoms with Gasteiger partial charge in [0.25, 0.3) is 5.91 Å². The third kappa shape index (κ3) is 3.73. The summed E-state index contributed by atoms with van der Waals surface area (Å²) in [5, 5.41) is 12.4. The molecule has 168 valence electrons. The van der Waals surface area contributed by atoms with Gasteiger partial charge < -0.3 is 14.2 Å². The highest BCUT2D eigenvalue weighted by molar-refractivity contribution is 5.98. The summed E-state index contributed by atoms with van der Waals surface area (Å²) in [6.07, 6.45) is 4.60. The molecule has 1 aliphatic heterocycles. The maximum Gasteiger partial charge on any atom is 0.256 e. The summed E-state index contributed by atoms with van der Waals surface area (Å²) in [7, 11) is 1.38. The lowest BCUT2D eigenvalue weighted by Gasteiger charge is -2.23. The van der Waals surface area contributed by atoms with Gasteiger partial charge in [-0.25, -0.2) is 4.39 Å². The molecule has 0 saturated carbocycles. The summed E-state index contributed by atoms with van der Waals surface area (Å²) < 4.78 is 24.8. The van der Waals surface area contributed by atoms with Crippen LogP contribution in [0.3, 0.4) is 0 Å². The van der Waals surface area contributed by atoms with Gasteiger partial charge in [0.1, 0.15) is 6.04 Å². The standard InChI is InChI=1S/C23H21FN6O3/c1-14-8-9-15(19(13-14)30-25-10-11-26-30)23(31)29-12-4-7-18(29)22-27-21(28-33-22)16-5-3-6-17(24)20(16)32-2/h3,5-6,8-11,13,18H,4,7,12H2,1-2H3. The van der Waals surface area contributed by atoms with Crippen molar-refractivity contribution in [2.45, 2.75) is 25.8 Å². The molecule has 10 heteroatoms. The molecule has 33 heavy (non-hydrogen) atoms. The Labute approximate surface area is 188 Å². The lowest BCUT2D eigenvalue weighted by molar-refractivity contribution is 0.0709. The van der Waals surface area contributed by atoms with Crippen molar-refractivity contribution in [2.75, 3.05) is 13.7 Å². The third-order valence-electron chi connectivity index (χ3n) is 5.67. The molecule has 2 aromatic heterocycles. The van der Waals surface area contributed by atoms with Gasteiger partial charge in [-0.2, -0.15) is 20.0 Å². The minimum atomic E-state index is -0.516. The highest BCUT2D eigenvalue weighted by atomic mass is 19.1. The maximum atomic E-state index is 14.1. The molecule has 0 spiro atoms. The first-order valence-electron chi connectivity index (χ1n) is 10.5. The van der Waals surface area contributed by atoms with E-state index in [0.29, 0.717) is 35.7 Å². The fourth-order valence-corrected chi connectivity index (χ4v) is 4.12. The predicted octanol–water partition coefficient (Wildman–Crippen LogP) is 3.75. The summed E-state index contributed by atoms with van der Waals surface area (Å²) in [4.78, 5) is 21.2. The lowest BCUT2D eigenvalue weighted by atomic mass is 10.1. The topological polar surface area (TPSA) is 99.2 Å². The Morgan fingerprint density at radius 1 is 1.21 bits per heavy atom. The molecule has 0 N–H and O–H groups in total. The van der Waals surface area contributed by atoms with Crippen molar-refractivity contribution in [2.24, 2.45) is 0 Å². The van der Waals surface area contributed by atoms with Crippen LogP contribution in [0, 0.1) is 12.7 Å². The number of halogens is 1. The number of methoxy groups -OCH3 is 1. The van der Waals surface area contributed by atoms with Gasteiger partial charge in [-0.05, 0) is 49.6 Å². The van der Waals surface area contributed by atoms with Crippen molar-refractivity contribution in [1.29, 1.82) is 0 Å². The number of nitrogens with zero attached hydrogens (tertiary/aromatic N) is 6. The SMILES string of the molecule is COc1c(F)cccc1-c1noc(C2CCCN2C(=O)c2ccc(C)cc2-n2nccn2)n1. The van der Waals surface area contributed by atoms with Crippen LogP contribution in [-0.4, -0.2) is 49.6 Å². The van der Waals surface area contributed by atoms with Crippen LogP contribution in [0.1, 0.15) is 40.7 Å². The smallest absolute Gasteiger partial charge is 0.256 e. The van der Waals surface area contributed by atoms with Gasteiger partial charge in [0.05, 0.1) is 36.3 Å². The Morgan fingerprint density at radius 2 is 2.03 bits per heavy atom. The third-order valence-corrected chi connectivity index (χ3v) is 5.67. The molecule has 0 radical (unpaired) electrons. The van der Waals surface area contributed by atoms with Crippen LogP contribution in [-0.2, 0) is 0 Å². The first-order valence-corrected chi connectivity index (χ1v) is 10.5. The van der Waals surface area contributed by atoms with Gasteiger partial charge >= 0.3 is 0 Å². The van der Waals surface area contributed by atoms with Crippen molar-refractivity contribution in [3.8, 4) is 22.8 Å². The molecule has 0 aliphatic carbocycles. The Hall–Kier alpha value is -4.08. The summed E-state index contributed by atoms with van der Waals surface area (Å²) >= 11 is 0. The summed E-state index contributed by atoms with van der Waals surface area (Å²) in [6, 6.07) is 9.65. The number of amides is 1. The molecule has 1 atom stereocenters. The fraction of sp³-hybridized carbons (Fsp3) is 0.261. The number of carbonyl (C=O) groups excluding carboxylic acids is 1. The number of aromatic nitrogens is 5. The largest absolute Gasteiger partial charge is 0.493 e. The highest BCUT2D eigenvalue weighted by Crippen LogP contribution is 2.36. The van der Waals surface area contributed by atoms with Crippen LogP contribution < -0.4 is 4.74 Å². The van der Waals surface area contributed by atoms with E-state index in [0.717, 1.165) is 12.0 Å². The summed E-state index contributed by atoms with van der Waals surface area (Å²) in [6.45, 7) is 2.49. The first kappa shape index (κ1) is 20.8. The minimum absolute atomic E-state index is 0.0419. The monoisotopic (exact) mass is 448 g/mol. The van der Waals surface area contributed by atoms with E-state index in [-0.39, 0.29) is 17.5 Å². The number of carbonyl (C=O) groups is 1. The summed E-state index contributed by atoms with van der Waals surface area (Å²) in [5.74, 6) is -0.142. The maximum absolute atomic E-state index is 14.1. The molecule has 0 bridgehead atoms. The van der Waals surface area contributed by atoms with Gasteiger partial charge in [0.2, 0.25) is 11.7 Å². The Bertz CT molecular complexity index is 1300. The van der Waals surface area contributed by atoms with Crippen molar-refractivity contribution >= 4 is 5.91 Å².